The van der Waals surface area contributed by atoms with Gasteiger partial charge in [-0.2, -0.15) is 17.5 Å². The summed E-state index contributed by atoms with van der Waals surface area (Å²) in [7, 11) is -3.99. The molecule has 25 heavy (non-hydrogen) atoms. The quantitative estimate of drug-likeness (QED) is 0.818. The van der Waals surface area contributed by atoms with E-state index in [1.54, 1.807) is 0 Å². The third-order valence-corrected chi connectivity index (χ3v) is 5.86. The molecule has 0 bridgehead atoms. The Morgan fingerprint density at radius 2 is 1.88 bits per heavy atom. The summed E-state index contributed by atoms with van der Waals surface area (Å²) < 4.78 is 69.5. The van der Waals surface area contributed by atoms with Crippen molar-refractivity contribution in [3.05, 3.63) is 29.8 Å². The highest BCUT2D eigenvalue weighted by atomic mass is 32.2. The first-order valence-electron chi connectivity index (χ1n) is 7.61. The molecule has 0 spiro atoms. The summed E-state index contributed by atoms with van der Waals surface area (Å²) in [5.74, 6) is -1.16. The number of alkyl halides is 3. The lowest BCUT2D eigenvalue weighted by atomic mass is 10.1. The molecule has 0 aromatic heterocycles. The van der Waals surface area contributed by atoms with Crippen LogP contribution in [0.5, 0.6) is 0 Å². The van der Waals surface area contributed by atoms with Crippen molar-refractivity contribution in [3.63, 3.8) is 0 Å². The van der Waals surface area contributed by atoms with Crippen molar-refractivity contribution in [2.24, 2.45) is 0 Å². The van der Waals surface area contributed by atoms with E-state index in [9.17, 15) is 26.4 Å². The third kappa shape index (κ3) is 4.93. The number of hydrogen-bond donors (Lipinski definition) is 1. The fraction of sp³-hybridized carbons (Fsp3) is 0.533. The Labute approximate surface area is 143 Å². The lowest BCUT2D eigenvalue weighted by molar-refractivity contribution is -0.142. The van der Waals surface area contributed by atoms with Gasteiger partial charge in [-0.1, -0.05) is 6.42 Å². The van der Waals surface area contributed by atoms with Gasteiger partial charge < -0.3 is 9.84 Å². The van der Waals surface area contributed by atoms with Gasteiger partial charge in [-0.15, -0.1) is 0 Å². The van der Waals surface area contributed by atoms with E-state index in [4.69, 9.17) is 9.84 Å². The van der Waals surface area contributed by atoms with E-state index in [-0.39, 0.29) is 18.0 Å². The van der Waals surface area contributed by atoms with Crippen molar-refractivity contribution in [2.45, 2.75) is 36.4 Å². The molecule has 1 aromatic carbocycles. The van der Waals surface area contributed by atoms with Crippen LogP contribution in [0.15, 0.2) is 29.2 Å². The minimum absolute atomic E-state index is 0.0772. The molecular weight excluding hydrogens is 363 g/mol. The molecule has 0 saturated carbocycles. The van der Waals surface area contributed by atoms with Gasteiger partial charge in [0.1, 0.15) is 6.61 Å². The maximum absolute atomic E-state index is 12.7. The highest BCUT2D eigenvalue weighted by Crippen LogP contribution is 2.31. The van der Waals surface area contributed by atoms with E-state index in [0.29, 0.717) is 12.8 Å². The van der Waals surface area contributed by atoms with Crippen LogP contribution in [-0.2, 0) is 25.7 Å². The second-order valence-electron chi connectivity index (χ2n) is 5.70. The van der Waals surface area contributed by atoms with Crippen molar-refractivity contribution >= 4 is 16.0 Å². The predicted octanol–water partition coefficient (Wildman–Crippen LogP) is 2.35. The van der Waals surface area contributed by atoms with Gasteiger partial charge in [-0.05, 0) is 37.1 Å². The van der Waals surface area contributed by atoms with Crippen LogP contribution in [0.3, 0.4) is 0 Å². The molecule has 140 valence electrons. The van der Waals surface area contributed by atoms with Gasteiger partial charge in [0.05, 0.1) is 17.1 Å². The van der Waals surface area contributed by atoms with E-state index in [2.05, 4.69) is 0 Å². The molecule has 0 aliphatic carbocycles. The maximum Gasteiger partial charge on any atom is 0.416 e. The molecule has 1 fully saturated rings. The minimum atomic E-state index is -4.54. The molecular formula is C15H18F3NO5S. The number of aliphatic carboxylic acids is 1. The Balaban J connectivity index is 2.18. The fourth-order valence-electron chi connectivity index (χ4n) is 2.69. The van der Waals surface area contributed by atoms with Crippen LogP contribution in [0.1, 0.15) is 24.8 Å². The molecule has 1 aliphatic rings. The molecule has 1 saturated heterocycles. The summed E-state index contributed by atoms with van der Waals surface area (Å²) in [4.78, 5) is 10.3. The number of sulfonamides is 1. The van der Waals surface area contributed by atoms with Crippen LogP contribution >= 0.6 is 0 Å². The molecule has 10 heteroatoms. The number of halogens is 3. The van der Waals surface area contributed by atoms with Crippen LogP contribution in [0.2, 0.25) is 0 Å². The Morgan fingerprint density at radius 1 is 1.24 bits per heavy atom. The lowest BCUT2D eigenvalue weighted by Crippen LogP contribution is -2.46. The van der Waals surface area contributed by atoms with E-state index in [0.717, 1.165) is 30.7 Å². The summed E-state index contributed by atoms with van der Waals surface area (Å²) in [5, 5.41) is 8.59. The first-order valence-corrected chi connectivity index (χ1v) is 9.05. The Morgan fingerprint density at radius 3 is 2.44 bits per heavy atom. The lowest BCUT2D eigenvalue weighted by Gasteiger charge is -2.34. The average molecular weight is 381 g/mol. The number of carboxylic acid groups (broad SMARTS) is 1. The highest BCUT2D eigenvalue weighted by Gasteiger charge is 2.35. The van der Waals surface area contributed by atoms with E-state index in [1.165, 1.54) is 4.31 Å². The molecule has 1 aromatic rings. The van der Waals surface area contributed by atoms with Gasteiger partial charge in [0.25, 0.3) is 0 Å². The van der Waals surface area contributed by atoms with Crippen molar-refractivity contribution < 1.29 is 36.2 Å². The highest BCUT2D eigenvalue weighted by molar-refractivity contribution is 7.89. The average Bonchev–Trinajstić information content (AvgIpc) is 2.54. The maximum atomic E-state index is 12.7. The summed E-state index contributed by atoms with van der Waals surface area (Å²) in [5.41, 5.74) is -0.925. The second-order valence-corrected chi connectivity index (χ2v) is 7.59. The summed E-state index contributed by atoms with van der Waals surface area (Å²) in [6.45, 7) is -0.402. The summed E-state index contributed by atoms with van der Waals surface area (Å²) in [6, 6.07) is 2.78. The van der Waals surface area contributed by atoms with Crippen molar-refractivity contribution in [1.29, 1.82) is 0 Å². The summed E-state index contributed by atoms with van der Waals surface area (Å²) >= 11 is 0. The first-order chi connectivity index (χ1) is 11.6. The molecule has 0 radical (unpaired) electrons. The number of carboxylic acids is 1. The van der Waals surface area contributed by atoms with Crippen LogP contribution in [0.25, 0.3) is 0 Å². The number of benzene rings is 1. The van der Waals surface area contributed by atoms with Gasteiger partial charge in [0.2, 0.25) is 10.0 Å². The SMILES string of the molecule is O=C(O)COCC1CCCCN1S(=O)(=O)c1ccc(C(F)(F)F)cc1. The number of carbonyl (C=O) groups is 1. The van der Waals surface area contributed by atoms with Crippen LogP contribution in [0, 0.1) is 0 Å². The van der Waals surface area contributed by atoms with Crippen molar-refractivity contribution in [2.75, 3.05) is 19.8 Å². The largest absolute Gasteiger partial charge is 0.480 e. The monoisotopic (exact) mass is 381 g/mol. The fourth-order valence-corrected chi connectivity index (χ4v) is 4.37. The van der Waals surface area contributed by atoms with Gasteiger partial charge in [0.15, 0.2) is 0 Å². The predicted molar refractivity (Wildman–Crippen MR) is 81.4 cm³/mol. The molecule has 1 unspecified atom stereocenters. The van der Waals surface area contributed by atoms with Crippen LogP contribution in [0.4, 0.5) is 13.2 Å². The molecule has 0 amide bonds. The van der Waals surface area contributed by atoms with Crippen LogP contribution < -0.4 is 0 Å². The Kier molecular flexibility index (Phi) is 6.07. The van der Waals surface area contributed by atoms with Crippen molar-refractivity contribution in [3.8, 4) is 0 Å². The minimum Gasteiger partial charge on any atom is -0.480 e. The third-order valence-electron chi connectivity index (χ3n) is 3.90. The van der Waals surface area contributed by atoms with E-state index in [1.807, 2.05) is 0 Å². The zero-order valence-electron chi connectivity index (χ0n) is 13.2. The Hall–Kier alpha value is -1.65. The molecule has 2 rings (SSSR count). The molecule has 6 nitrogen and oxygen atoms in total. The van der Waals surface area contributed by atoms with Gasteiger partial charge in [-0.3, -0.25) is 0 Å². The molecule has 1 N–H and O–H groups in total. The normalized spacial score (nSPS) is 19.7. The van der Waals surface area contributed by atoms with Gasteiger partial charge >= 0.3 is 12.1 Å². The zero-order chi connectivity index (χ0) is 18.7. The van der Waals surface area contributed by atoms with Crippen molar-refractivity contribution in [1.82, 2.24) is 4.31 Å². The Bertz CT molecular complexity index is 703. The van der Waals surface area contributed by atoms with Crippen LogP contribution in [-0.4, -0.2) is 49.6 Å². The van der Waals surface area contributed by atoms with E-state index >= 15 is 0 Å². The molecule has 1 aliphatic heterocycles. The van der Waals surface area contributed by atoms with Gasteiger partial charge in [-0.25, -0.2) is 13.2 Å². The topological polar surface area (TPSA) is 83.9 Å². The van der Waals surface area contributed by atoms with E-state index < -0.39 is 40.4 Å². The molecule has 1 heterocycles. The number of ether oxygens (including phenoxy) is 1. The van der Waals surface area contributed by atoms with Gasteiger partial charge in [0, 0.05) is 12.6 Å². The smallest absolute Gasteiger partial charge is 0.416 e. The molecule has 1 atom stereocenters. The number of piperidine rings is 1. The summed E-state index contributed by atoms with van der Waals surface area (Å²) in [6.07, 6.45) is -2.66. The first kappa shape index (κ1) is 19.7. The second kappa shape index (κ2) is 7.71. The standard InChI is InChI=1S/C15H18F3NO5S/c16-15(17,18)11-4-6-13(7-5-11)25(22,23)19-8-2-1-3-12(19)9-24-10-14(20)21/h4-7,12H,1-3,8-10H2,(H,20,21). The number of rotatable bonds is 6. The number of nitrogens with zero attached hydrogens (tertiary/aromatic N) is 1. The number of hydrogen-bond acceptors (Lipinski definition) is 4. The zero-order valence-corrected chi connectivity index (χ0v) is 14.0.